The molecule has 0 aliphatic carbocycles. The topological polar surface area (TPSA) is 150 Å². The number of nitrogens with two attached hydrogens (primary N) is 1. The molecule has 2 aliphatic heterocycles. The predicted molar refractivity (Wildman–Crippen MR) is 185 cm³/mol. The zero-order valence-electron chi connectivity index (χ0n) is 28.8. The van der Waals surface area contributed by atoms with E-state index < -0.39 is 23.4 Å². The summed E-state index contributed by atoms with van der Waals surface area (Å²) in [5.74, 6) is -1.61. The fraction of sp³-hybridized carbons (Fsp3) is 0.500. The Morgan fingerprint density at radius 3 is 2.33 bits per heavy atom. The summed E-state index contributed by atoms with van der Waals surface area (Å²) in [5.41, 5.74) is 8.60. The van der Waals surface area contributed by atoms with E-state index in [9.17, 15) is 24.3 Å². The second kappa shape index (κ2) is 14.1. The summed E-state index contributed by atoms with van der Waals surface area (Å²) in [5, 5.41) is 14.5. The van der Waals surface area contributed by atoms with Crippen molar-refractivity contribution in [2.75, 3.05) is 58.7 Å². The number of Topliss-reactive ketones (excluding diaryl/α,β-unsaturated/α-hetero) is 1. The van der Waals surface area contributed by atoms with Crippen LogP contribution in [0.3, 0.4) is 0 Å². The quantitative estimate of drug-likeness (QED) is 0.281. The number of para-hydroxylation sites is 1. The lowest BCUT2D eigenvalue weighted by molar-refractivity contribution is -0.137. The van der Waals surface area contributed by atoms with E-state index in [2.05, 4.69) is 15.1 Å². The van der Waals surface area contributed by atoms with Crippen LogP contribution in [0.25, 0.3) is 22.0 Å². The third-order valence-electron chi connectivity index (χ3n) is 9.75. The number of hydrogen-bond acceptors (Lipinski definition) is 8. The van der Waals surface area contributed by atoms with E-state index >= 15 is 0 Å². The van der Waals surface area contributed by atoms with Gasteiger partial charge in [-0.3, -0.25) is 24.2 Å². The van der Waals surface area contributed by atoms with Crippen LogP contribution in [-0.4, -0.2) is 114 Å². The third-order valence-corrected chi connectivity index (χ3v) is 9.75. The van der Waals surface area contributed by atoms with Crippen molar-refractivity contribution in [3.8, 4) is 11.1 Å². The van der Waals surface area contributed by atoms with Crippen molar-refractivity contribution in [2.45, 2.75) is 52.3 Å². The average Bonchev–Trinajstić information content (AvgIpc) is 3.61. The molecule has 0 spiro atoms. The van der Waals surface area contributed by atoms with E-state index in [1.807, 2.05) is 50.9 Å². The van der Waals surface area contributed by atoms with Gasteiger partial charge in [0.25, 0.3) is 0 Å². The Morgan fingerprint density at radius 1 is 1.04 bits per heavy atom. The van der Waals surface area contributed by atoms with Gasteiger partial charge in [-0.2, -0.15) is 0 Å². The van der Waals surface area contributed by atoms with Crippen LogP contribution < -0.4 is 11.1 Å². The molecular formula is C36H48N6O6. The van der Waals surface area contributed by atoms with E-state index in [1.54, 1.807) is 29.8 Å². The Labute approximate surface area is 281 Å². The van der Waals surface area contributed by atoms with Crippen molar-refractivity contribution < 1.29 is 29.0 Å². The number of aromatic nitrogens is 1. The molecule has 3 aromatic rings. The Hall–Kier alpha value is -4.26. The van der Waals surface area contributed by atoms with Crippen molar-refractivity contribution in [1.82, 2.24) is 19.3 Å². The number of aryl methyl sites for hydroxylation is 1. The van der Waals surface area contributed by atoms with Gasteiger partial charge in [-0.15, -0.1) is 0 Å². The average molecular weight is 661 g/mol. The molecule has 2 amide bonds. The molecule has 2 aliphatic rings. The maximum absolute atomic E-state index is 13.2. The first-order valence-corrected chi connectivity index (χ1v) is 16.5. The minimum Gasteiger partial charge on any atom is -0.477 e. The number of carbonyl (C=O) groups is 4. The first-order valence-electron chi connectivity index (χ1n) is 16.5. The lowest BCUT2D eigenvalue weighted by atomic mass is 9.87. The number of rotatable bonds is 11. The lowest BCUT2D eigenvalue weighted by Crippen LogP contribution is -2.52. The lowest BCUT2D eigenvalue weighted by Gasteiger charge is -2.37. The predicted octanol–water partition coefficient (Wildman–Crippen LogP) is 3.42. The number of anilines is 1. The van der Waals surface area contributed by atoms with E-state index in [4.69, 9.17) is 10.5 Å². The number of carbonyl (C=O) groups excluding carboxylic acids is 3. The number of carboxylic acids is 1. The molecule has 0 saturated carbocycles. The summed E-state index contributed by atoms with van der Waals surface area (Å²) < 4.78 is 7.24. The molecular weight excluding hydrogens is 612 g/mol. The number of fused-ring (bicyclic) bond motifs is 1. The standard InChI is InChI=1S/C36H48N6O6/c1-36(2,3)32(43)28(48-6)20-38-26-19-22(33(37)44)12-13-24(26)29-25-10-7-9-23(30(25)40(5)31(29)35(46)47)21-41-15-17-42(18-16-41)34(45)27-11-8-14-39(27)4/h7,9-10,12-13,19,27-28,38H,8,11,14-18,20-21H2,1-6H3,(H2,37,44)(H,46,47). The molecule has 0 radical (unpaired) electrons. The fourth-order valence-electron chi connectivity index (χ4n) is 7.08. The second-order valence-corrected chi connectivity index (χ2v) is 14.0. The van der Waals surface area contributed by atoms with E-state index in [0.717, 1.165) is 48.9 Å². The molecule has 48 heavy (non-hydrogen) atoms. The van der Waals surface area contributed by atoms with Gasteiger partial charge in [0.1, 0.15) is 11.8 Å². The zero-order chi connectivity index (χ0) is 34.9. The van der Waals surface area contributed by atoms with E-state index in [0.29, 0.717) is 36.4 Å². The van der Waals surface area contributed by atoms with Crippen LogP contribution in [0.2, 0.25) is 0 Å². The van der Waals surface area contributed by atoms with Gasteiger partial charge in [-0.1, -0.05) is 45.0 Å². The minimum atomic E-state index is -1.10. The number of nitrogens with zero attached hydrogens (tertiary/aromatic N) is 4. The SMILES string of the molecule is COC(CNc1cc(C(N)=O)ccc1-c1c(C(=O)O)n(C)c2c(CN3CCN(C(=O)C4CCCN4C)CC3)cccc12)C(=O)C(C)(C)C. The van der Waals surface area contributed by atoms with Gasteiger partial charge in [0, 0.05) is 86.6 Å². The van der Waals surface area contributed by atoms with Crippen molar-refractivity contribution in [1.29, 1.82) is 0 Å². The molecule has 2 fully saturated rings. The maximum atomic E-state index is 13.2. The molecule has 2 aromatic carbocycles. The number of aromatic carboxylic acids is 1. The smallest absolute Gasteiger partial charge is 0.353 e. The van der Waals surface area contributed by atoms with Crippen LogP contribution in [0, 0.1) is 5.41 Å². The highest BCUT2D eigenvalue weighted by atomic mass is 16.5. The number of likely N-dealkylation sites (tertiary alicyclic amines) is 1. The molecule has 3 heterocycles. The first-order chi connectivity index (χ1) is 22.7. The summed E-state index contributed by atoms with van der Waals surface area (Å²) in [6.07, 6.45) is 1.18. The largest absolute Gasteiger partial charge is 0.477 e. The zero-order valence-corrected chi connectivity index (χ0v) is 28.8. The van der Waals surface area contributed by atoms with Crippen molar-refractivity contribution in [3.05, 3.63) is 53.2 Å². The van der Waals surface area contributed by atoms with Crippen molar-refractivity contribution >= 4 is 40.2 Å². The Kier molecular flexibility index (Phi) is 10.3. The van der Waals surface area contributed by atoms with Gasteiger partial charge >= 0.3 is 5.97 Å². The number of likely N-dealkylation sites (N-methyl/N-ethyl adjacent to an activating group) is 1. The number of ketones is 1. The number of primary amides is 1. The molecule has 1 aromatic heterocycles. The monoisotopic (exact) mass is 660 g/mol. The number of carboxylic acid groups (broad SMARTS) is 1. The summed E-state index contributed by atoms with van der Waals surface area (Å²) >= 11 is 0. The number of benzene rings is 2. The van der Waals surface area contributed by atoms with Gasteiger partial charge in [0.15, 0.2) is 5.78 Å². The highest BCUT2D eigenvalue weighted by Crippen LogP contribution is 2.40. The van der Waals surface area contributed by atoms with Gasteiger partial charge < -0.3 is 30.4 Å². The van der Waals surface area contributed by atoms with Crippen molar-refractivity contribution in [3.63, 3.8) is 0 Å². The third kappa shape index (κ3) is 6.96. The summed E-state index contributed by atoms with van der Waals surface area (Å²) in [6.45, 7) is 9.86. The van der Waals surface area contributed by atoms with Gasteiger partial charge in [-0.25, -0.2) is 4.79 Å². The number of ether oxygens (including phenoxy) is 1. The Bertz CT molecular complexity index is 1720. The van der Waals surface area contributed by atoms with Crippen LogP contribution in [0.15, 0.2) is 36.4 Å². The van der Waals surface area contributed by atoms with Crippen LogP contribution in [-0.2, 0) is 27.9 Å². The summed E-state index contributed by atoms with van der Waals surface area (Å²) in [4.78, 5) is 57.7. The van der Waals surface area contributed by atoms with E-state index in [-0.39, 0.29) is 35.5 Å². The first kappa shape index (κ1) is 35.1. The van der Waals surface area contributed by atoms with Crippen LogP contribution in [0.4, 0.5) is 5.69 Å². The number of hydrogen-bond donors (Lipinski definition) is 3. The van der Waals surface area contributed by atoms with Crippen molar-refractivity contribution in [2.24, 2.45) is 18.2 Å². The Balaban J connectivity index is 1.48. The highest BCUT2D eigenvalue weighted by molar-refractivity contribution is 6.11. The molecule has 258 valence electrons. The molecule has 12 nitrogen and oxygen atoms in total. The Morgan fingerprint density at radius 2 is 1.75 bits per heavy atom. The fourth-order valence-corrected chi connectivity index (χ4v) is 7.08. The second-order valence-electron chi connectivity index (χ2n) is 14.0. The molecule has 12 heteroatoms. The minimum absolute atomic E-state index is 0.0303. The van der Waals surface area contributed by atoms with E-state index in [1.165, 1.54) is 7.11 Å². The maximum Gasteiger partial charge on any atom is 0.353 e. The molecule has 0 bridgehead atoms. The molecule has 4 N–H and O–H groups in total. The normalized spacial score (nSPS) is 18.3. The highest BCUT2D eigenvalue weighted by Gasteiger charge is 2.34. The van der Waals surface area contributed by atoms with Gasteiger partial charge in [-0.05, 0) is 44.1 Å². The molecule has 2 atom stereocenters. The van der Waals surface area contributed by atoms with Crippen LogP contribution in [0.1, 0.15) is 60.0 Å². The number of amides is 2. The molecule has 5 rings (SSSR count). The number of nitrogens with one attached hydrogen (secondary N) is 1. The number of methoxy groups -OCH3 is 1. The van der Waals surface area contributed by atoms with Crippen LogP contribution >= 0.6 is 0 Å². The number of piperazine rings is 1. The molecule has 2 saturated heterocycles. The summed E-state index contributed by atoms with van der Waals surface area (Å²) in [6, 6.07) is 10.7. The van der Waals surface area contributed by atoms with Gasteiger partial charge in [0.05, 0.1) is 11.6 Å². The van der Waals surface area contributed by atoms with Crippen LogP contribution in [0.5, 0.6) is 0 Å². The molecule has 2 unspecified atom stereocenters. The summed E-state index contributed by atoms with van der Waals surface area (Å²) in [7, 11) is 5.24. The van der Waals surface area contributed by atoms with Gasteiger partial charge in [0.2, 0.25) is 11.8 Å².